The summed E-state index contributed by atoms with van der Waals surface area (Å²) in [5, 5.41) is 15.4. The highest BCUT2D eigenvalue weighted by Gasteiger charge is 2.20. The van der Waals surface area contributed by atoms with Crippen LogP contribution in [0, 0.1) is 0 Å². The molecule has 1 aliphatic rings. The summed E-state index contributed by atoms with van der Waals surface area (Å²) in [6.07, 6.45) is 1.01. The van der Waals surface area contributed by atoms with Gasteiger partial charge in [0.05, 0.1) is 0 Å². The van der Waals surface area contributed by atoms with Crippen LogP contribution >= 0.6 is 0 Å². The topological polar surface area (TPSA) is 92.4 Å². The lowest BCUT2D eigenvalue weighted by Crippen LogP contribution is -2.19. The fourth-order valence-electron chi connectivity index (χ4n) is 2.17. The van der Waals surface area contributed by atoms with E-state index in [0.29, 0.717) is 18.5 Å². The molecule has 0 radical (unpaired) electrons. The summed E-state index contributed by atoms with van der Waals surface area (Å²) in [6.45, 7) is 0. The lowest BCUT2D eigenvalue weighted by Gasteiger charge is -2.18. The molecule has 1 aliphatic heterocycles. The van der Waals surface area contributed by atoms with Gasteiger partial charge in [-0.15, -0.1) is 0 Å². The molecule has 2 heterocycles. The van der Waals surface area contributed by atoms with E-state index in [1.807, 2.05) is 12.1 Å². The van der Waals surface area contributed by atoms with Crippen LogP contribution in [0.4, 0.5) is 5.69 Å². The van der Waals surface area contributed by atoms with Gasteiger partial charge < -0.3 is 14.9 Å². The first-order valence-corrected chi connectivity index (χ1v) is 5.77. The molecule has 0 saturated heterocycles. The maximum Gasteiger partial charge on any atom is 0.374 e. The molecule has 0 fully saturated rings. The zero-order chi connectivity index (χ0) is 13.4. The highest BCUT2D eigenvalue weighted by molar-refractivity contribution is 5.96. The predicted octanol–water partition coefficient (Wildman–Crippen LogP) is 1.92. The third kappa shape index (κ3) is 1.97. The van der Waals surface area contributed by atoms with Gasteiger partial charge >= 0.3 is 5.97 Å². The Balaban J connectivity index is 2.07. The molecular formula is C13H10N2O4. The van der Waals surface area contributed by atoms with E-state index in [9.17, 15) is 9.59 Å². The van der Waals surface area contributed by atoms with Crippen molar-refractivity contribution in [2.75, 3.05) is 5.32 Å². The molecule has 0 spiro atoms. The van der Waals surface area contributed by atoms with E-state index >= 15 is 0 Å². The maximum atomic E-state index is 11.3. The van der Waals surface area contributed by atoms with E-state index in [4.69, 9.17) is 9.63 Å². The van der Waals surface area contributed by atoms with Gasteiger partial charge in [-0.3, -0.25) is 4.79 Å². The van der Waals surface area contributed by atoms with Gasteiger partial charge in [-0.1, -0.05) is 17.3 Å². The number of anilines is 1. The minimum absolute atomic E-state index is 0.0176. The number of aromatic carboxylic acids is 1. The molecule has 1 aromatic heterocycles. The van der Waals surface area contributed by atoms with Gasteiger partial charge in [-0.25, -0.2) is 4.79 Å². The van der Waals surface area contributed by atoms with Crippen LogP contribution in [-0.4, -0.2) is 22.1 Å². The minimum Gasteiger partial charge on any atom is -0.475 e. The molecule has 0 unspecified atom stereocenters. The molecule has 1 aromatic carbocycles. The van der Waals surface area contributed by atoms with Crippen LogP contribution in [0.25, 0.3) is 11.3 Å². The van der Waals surface area contributed by atoms with Gasteiger partial charge in [0.15, 0.2) is 0 Å². The van der Waals surface area contributed by atoms with E-state index in [1.165, 1.54) is 6.07 Å². The van der Waals surface area contributed by atoms with Crippen molar-refractivity contribution in [3.8, 4) is 11.3 Å². The second-order valence-electron chi connectivity index (χ2n) is 4.26. The molecule has 0 bridgehead atoms. The monoisotopic (exact) mass is 258 g/mol. The van der Waals surface area contributed by atoms with E-state index in [2.05, 4.69) is 10.5 Å². The summed E-state index contributed by atoms with van der Waals surface area (Å²) < 4.78 is 4.76. The first-order chi connectivity index (χ1) is 9.15. The van der Waals surface area contributed by atoms with Crippen LogP contribution in [0.3, 0.4) is 0 Å². The summed E-state index contributed by atoms with van der Waals surface area (Å²) in [6, 6.07) is 6.82. The van der Waals surface area contributed by atoms with E-state index in [0.717, 1.165) is 16.8 Å². The van der Waals surface area contributed by atoms with Crippen molar-refractivity contribution >= 4 is 17.6 Å². The average molecular weight is 258 g/mol. The Morgan fingerprint density at radius 2 is 2.21 bits per heavy atom. The Hall–Kier alpha value is -2.63. The fourth-order valence-corrected chi connectivity index (χ4v) is 2.17. The lowest BCUT2D eigenvalue weighted by atomic mass is 9.95. The van der Waals surface area contributed by atoms with Crippen LogP contribution in [0.1, 0.15) is 22.5 Å². The van der Waals surface area contributed by atoms with Gasteiger partial charge in [-0.05, 0) is 18.1 Å². The normalized spacial score (nSPS) is 13.8. The second kappa shape index (κ2) is 4.24. The number of nitrogens with zero attached hydrogens (tertiary/aromatic N) is 1. The largest absolute Gasteiger partial charge is 0.475 e. The molecule has 6 heteroatoms. The number of amides is 1. The number of hydrogen-bond acceptors (Lipinski definition) is 4. The third-order valence-corrected chi connectivity index (χ3v) is 3.05. The van der Waals surface area contributed by atoms with Crippen LogP contribution in [-0.2, 0) is 11.2 Å². The number of aromatic nitrogens is 1. The number of carbonyl (C=O) groups is 2. The summed E-state index contributed by atoms with van der Waals surface area (Å²) in [5.41, 5.74) is 2.94. The fraction of sp³-hybridized carbons (Fsp3) is 0.154. The zero-order valence-electron chi connectivity index (χ0n) is 9.84. The Morgan fingerprint density at radius 3 is 2.95 bits per heavy atom. The van der Waals surface area contributed by atoms with Gasteiger partial charge in [0.1, 0.15) is 5.69 Å². The van der Waals surface area contributed by atoms with Crippen LogP contribution in [0.15, 0.2) is 28.8 Å². The number of rotatable bonds is 2. The molecule has 0 aliphatic carbocycles. The molecule has 0 saturated carbocycles. The van der Waals surface area contributed by atoms with Crippen LogP contribution in [0.2, 0.25) is 0 Å². The quantitative estimate of drug-likeness (QED) is 0.858. The van der Waals surface area contributed by atoms with Crippen molar-refractivity contribution in [1.29, 1.82) is 0 Å². The number of carbonyl (C=O) groups excluding carboxylic acids is 1. The highest BCUT2D eigenvalue weighted by atomic mass is 16.5. The number of hydrogen-bond donors (Lipinski definition) is 2. The van der Waals surface area contributed by atoms with Crippen molar-refractivity contribution in [3.05, 3.63) is 35.6 Å². The first-order valence-electron chi connectivity index (χ1n) is 5.77. The van der Waals surface area contributed by atoms with Gasteiger partial charge in [0.2, 0.25) is 11.7 Å². The average Bonchev–Trinajstić information content (AvgIpc) is 2.87. The number of nitrogens with one attached hydrogen (secondary N) is 1. The Bertz CT molecular complexity index is 675. The SMILES string of the molecule is O=C1CCc2c(cccc2-c2cc(C(=O)O)on2)N1. The zero-order valence-corrected chi connectivity index (χ0v) is 9.84. The van der Waals surface area contributed by atoms with Crippen molar-refractivity contribution in [2.24, 2.45) is 0 Å². The summed E-state index contributed by atoms with van der Waals surface area (Å²) in [7, 11) is 0. The smallest absolute Gasteiger partial charge is 0.374 e. The summed E-state index contributed by atoms with van der Waals surface area (Å²) >= 11 is 0. The molecule has 6 nitrogen and oxygen atoms in total. The van der Waals surface area contributed by atoms with Crippen molar-refractivity contribution in [1.82, 2.24) is 5.16 Å². The van der Waals surface area contributed by atoms with Gasteiger partial charge in [0, 0.05) is 23.7 Å². The molecule has 2 N–H and O–H groups in total. The van der Waals surface area contributed by atoms with Crippen LogP contribution < -0.4 is 5.32 Å². The molecule has 19 heavy (non-hydrogen) atoms. The van der Waals surface area contributed by atoms with Gasteiger partial charge in [0.25, 0.3) is 0 Å². The molecule has 96 valence electrons. The van der Waals surface area contributed by atoms with E-state index in [-0.39, 0.29) is 11.7 Å². The number of carboxylic acids is 1. The number of carboxylic acid groups (broad SMARTS) is 1. The Labute approximate surface area is 108 Å². The highest BCUT2D eigenvalue weighted by Crippen LogP contribution is 2.32. The van der Waals surface area contributed by atoms with Crippen molar-refractivity contribution in [3.63, 3.8) is 0 Å². The summed E-state index contributed by atoms with van der Waals surface area (Å²) in [4.78, 5) is 22.1. The number of fused-ring (bicyclic) bond motifs is 1. The molecular weight excluding hydrogens is 248 g/mol. The first kappa shape index (κ1) is 11.5. The van der Waals surface area contributed by atoms with Crippen molar-refractivity contribution < 1.29 is 19.2 Å². The number of benzene rings is 1. The van der Waals surface area contributed by atoms with Crippen molar-refractivity contribution in [2.45, 2.75) is 12.8 Å². The maximum absolute atomic E-state index is 11.3. The molecule has 3 rings (SSSR count). The molecule has 0 atom stereocenters. The predicted molar refractivity (Wildman–Crippen MR) is 65.8 cm³/mol. The summed E-state index contributed by atoms with van der Waals surface area (Å²) in [5.74, 6) is -1.37. The molecule has 2 aromatic rings. The third-order valence-electron chi connectivity index (χ3n) is 3.05. The van der Waals surface area contributed by atoms with Crippen LogP contribution in [0.5, 0.6) is 0 Å². The van der Waals surface area contributed by atoms with E-state index < -0.39 is 5.97 Å². The standard InChI is InChI=1S/C13H10N2O4/c16-12-5-4-8-7(2-1-3-9(8)14-12)10-6-11(13(17)18)19-15-10/h1-3,6H,4-5H2,(H,14,16)(H,17,18). The minimum atomic E-state index is -1.16. The van der Waals surface area contributed by atoms with Gasteiger partial charge in [-0.2, -0.15) is 0 Å². The second-order valence-corrected chi connectivity index (χ2v) is 4.26. The van der Waals surface area contributed by atoms with E-state index in [1.54, 1.807) is 6.07 Å². The Kier molecular flexibility index (Phi) is 2.56. The lowest BCUT2D eigenvalue weighted by molar-refractivity contribution is -0.116. The molecule has 1 amide bonds. The Morgan fingerprint density at radius 1 is 1.37 bits per heavy atom.